The molecule has 1 aliphatic rings. The van der Waals surface area contributed by atoms with Crippen molar-refractivity contribution in [2.24, 2.45) is 5.92 Å². The molecule has 1 unspecified atom stereocenters. The molecular formula is C13H18N2O4S. The normalized spacial score (nSPS) is 19.2. The van der Waals surface area contributed by atoms with Crippen LogP contribution in [0.25, 0.3) is 0 Å². The highest BCUT2D eigenvalue weighted by molar-refractivity contribution is 7.89. The monoisotopic (exact) mass is 298 g/mol. The van der Waals surface area contributed by atoms with E-state index in [9.17, 15) is 13.2 Å². The lowest BCUT2D eigenvalue weighted by Crippen LogP contribution is -2.21. The average Bonchev–Trinajstić information content (AvgIpc) is 2.86. The fraction of sp³-hybridized carbons (Fsp3) is 0.462. The maximum atomic E-state index is 11.6. The van der Waals surface area contributed by atoms with Crippen molar-refractivity contribution in [3.05, 3.63) is 24.3 Å². The number of rotatable bonds is 5. The number of carboxylic acids is 1. The Balaban J connectivity index is 2.07. The summed E-state index contributed by atoms with van der Waals surface area (Å²) in [7, 11) is -2.04. The van der Waals surface area contributed by atoms with Crippen LogP contribution in [0.15, 0.2) is 29.2 Å². The first-order valence-corrected chi connectivity index (χ1v) is 7.91. The van der Waals surface area contributed by atoms with E-state index in [2.05, 4.69) is 9.62 Å². The standard InChI is InChI=1S/C13H18N2O4S/c1-14-20(18,19)12-4-2-11(3-5-12)15-7-6-10(9-15)8-13(16)17/h2-5,10,14H,6-9H2,1H3,(H,16,17). The number of sulfonamides is 1. The lowest BCUT2D eigenvalue weighted by atomic mass is 10.1. The number of hydrogen-bond donors (Lipinski definition) is 2. The Bertz CT molecular complexity index is 583. The molecule has 0 saturated carbocycles. The molecule has 20 heavy (non-hydrogen) atoms. The summed E-state index contributed by atoms with van der Waals surface area (Å²) in [6, 6.07) is 6.64. The number of anilines is 1. The van der Waals surface area contributed by atoms with E-state index >= 15 is 0 Å². The SMILES string of the molecule is CNS(=O)(=O)c1ccc(N2CCC(CC(=O)O)C2)cc1. The quantitative estimate of drug-likeness (QED) is 0.843. The molecule has 1 heterocycles. The summed E-state index contributed by atoms with van der Waals surface area (Å²) in [5.41, 5.74) is 0.924. The predicted molar refractivity (Wildman–Crippen MR) is 75.3 cm³/mol. The summed E-state index contributed by atoms with van der Waals surface area (Å²) in [5, 5.41) is 8.79. The van der Waals surface area contributed by atoms with E-state index in [1.807, 2.05) is 0 Å². The zero-order valence-corrected chi connectivity index (χ0v) is 12.1. The molecule has 7 heteroatoms. The minimum Gasteiger partial charge on any atom is -0.481 e. The molecule has 0 aromatic heterocycles. The average molecular weight is 298 g/mol. The summed E-state index contributed by atoms with van der Waals surface area (Å²) >= 11 is 0. The van der Waals surface area contributed by atoms with Gasteiger partial charge in [0, 0.05) is 25.2 Å². The van der Waals surface area contributed by atoms with Crippen LogP contribution in [0.2, 0.25) is 0 Å². The van der Waals surface area contributed by atoms with E-state index < -0.39 is 16.0 Å². The fourth-order valence-electron chi connectivity index (χ4n) is 2.43. The fourth-order valence-corrected chi connectivity index (χ4v) is 3.16. The number of nitrogens with zero attached hydrogens (tertiary/aromatic N) is 1. The Morgan fingerprint density at radius 1 is 1.40 bits per heavy atom. The molecule has 0 radical (unpaired) electrons. The first kappa shape index (κ1) is 14.8. The second kappa shape index (κ2) is 5.80. The van der Waals surface area contributed by atoms with Gasteiger partial charge in [-0.2, -0.15) is 0 Å². The summed E-state index contributed by atoms with van der Waals surface area (Å²) in [4.78, 5) is 13.0. The Kier molecular flexibility index (Phi) is 4.29. The van der Waals surface area contributed by atoms with Crippen LogP contribution in [0.1, 0.15) is 12.8 Å². The second-order valence-electron chi connectivity index (χ2n) is 4.90. The van der Waals surface area contributed by atoms with Gasteiger partial charge in [-0.05, 0) is 43.7 Å². The predicted octanol–water partition coefficient (Wildman–Crippen LogP) is 0.896. The smallest absolute Gasteiger partial charge is 0.303 e. The van der Waals surface area contributed by atoms with Crippen molar-refractivity contribution in [2.45, 2.75) is 17.7 Å². The van der Waals surface area contributed by atoms with Crippen LogP contribution < -0.4 is 9.62 Å². The van der Waals surface area contributed by atoms with Crippen LogP contribution >= 0.6 is 0 Å². The van der Waals surface area contributed by atoms with Crippen LogP contribution in [-0.2, 0) is 14.8 Å². The highest BCUT2D eigenvalue weighted by atomic mass is 32.2. The number of carboxylic acid groups (broad SMARTS) is 1. The molecule has 0 aliphatic carbocycles. The van der Waals surface area contributed by atoms with Crippen molar-refractivity contribution in [3.63, 3.8) is 0 Å². The van der Waals surface area contributed by atoms with E-state index in [-0.39, 0.29) is 17.2 Å². The summed E-state index contributed by atoms with van der Waals surface area (Å²) in [6.45, 7) is 1.50. The molecule has 0 bridgehead atoms. The number of nitrogens with one attached hydrogen (secondary N) is 1. The largest absolute Gasteiger partial charge is 0.481 e. The zero-order chi connectivity index (χ0) is 14.8. The Morgan fingerprint density at radius 3 is 2.60 bits per heavy atom. The van der Waals surface area contributed by atoms with Crippen LogP contribution in [0, 0.1) is 5.92 Å². The Morgan fingerprint density at radius 2 is 2.05 bits per heavy atom. The molecule has 0 spiro atoms. The summed E-state index contributed by atoms with van der Waals surface area (Å²) in [5.74, 6) is -0.611. The molecular weight excluding hydrogens is 280 g/mol. The van der Waals surface area contributed by atoms with Gasteiger partial charge in [0.25, 0.3) is 0 Å². The molecule has 1 saturated heterocycles. The molecule has 0 amide bonds. The molecule has 1 aromatic carbocycles. The Hall–Kier alpha value is -1.60. The number of hydrogen-bond acceptors (Lipinski definition) is 4. The first-order valence-electron chi connectivity index (χ1n) is 6.43. The van der Waals surface area contributed by atoms with Gasteiger partial charge >= 0.3 is 5.97 Å². The highest BCUT2D eigenvalue weighted by Crippen LogP contribution is 2.26. The number of carbonyl (C=O) groups is 1. The minimum atomic E-state index is -3.41. The van der Waals surface area contributed by atoms with Crippen molar-refractivity contribution in [2.75, 3.05) is 25.0 Å². The van der Waals surface area contributed by atoms with Crippen molar-refractivity contribution < 1.29 is 18.3 Å². The van der Waals surface area contributed by atoms with Gasteiger partial charge in [0.2, 0.25) is 10.0 Å². The van der Waals surface area contributed by atoms with E-state index in [1.165, 1.54) is 7.05 Å². The van der Waals surface area contributed by atoms with Crippen LogP contribution in [0.4, 0.5) is 5.69 Å². The van der Waals surface area contributed by atoms with Crippen molar-refractivity contribution in [1.29, 1.82) is 0 Å². The maximum absolute atomic E-state index is 11.6. The van der Waals surface area contributed by atoms with Gasteiger partial charge in [-0.1, -0.05) is 0 Å². The zero-order valence-electron chi connectivity index (χ0n) is 11.2. The molecule has 1 aromatic rings. The third-order valence-electron chi connectivity index (χ3n) is 3.53. The molecule has 1 fully saturated rings. The lowest BCUT2D eigenvalue weighted by Gasteiger charge is -2.18. The molecule has 110 valence electrons. The van der Waals surface area contributed by atoms with Gasteiger partial charge in [-0.15, -0.1) is 0 Å². The van der Waals surface area contributed by atoms with E-state index in [0.717, 1.165) is 18.7 Å². The summed E-state index contributed by atoms with van der Waals surface area (Å²) < 4.78 is 25.5. The van der Waals surface area contributed by atoms with Crippen molar-refractivity contribution in [3.8, 4) is 0 Å². The number of aliphatic carboxylic acids is 1. The van der Waals surface area contributed by atoms with Gasteiger partial charge in [-0.3, -0.25) is 4.79 Å². The number of benzene rings is 1. The molecule has 6 nitrogen and oxygen atoms in total. The van der Waals surface area contributed by atoms with Crippen molar-refractivity contribution >= 4 is 21.7 Å². The van der Waals surface area contributed by atoms with Crippen LogP contribution in [0.5, 0.6) is 0 Å². The van der Waals surface area contributed by atoms with Gasteiger partial charge < -0.3 is 10.0 Å². The van der Waals surface area contributed by atoms with Crippen molar-refractivity contribution in [1.82, 2.24) is 4.72 Å². The van der Waals surface area contributed by atoms with Gasteiger partial charge in [0.1, 0.15) is 0 Å². The van der Waals surface area contributed by atoms with Crippen LogP contribution in [0.3, 0.4) is 0 Å². The molecule has 1 atom stereocenters. The van der Waals surface area contributed by atoms with Gasteiger partial charge in [0.15, 0.2) is 0 Å². The first-order chi connectivity index (χ1) is 9.42. The third-order valence-corrected chi connectivity index (χ3v) is 4.96. The topological polar surface area (TPSA) is 86.7 Å². The lowest BCUT2D eigenvalue weighted by molar-refractivity contribution is -0.137. The highest BCUT2D eigenvalue weighted by Gasteiger charge is 2.24. The Labute approximate surface area is 118 Å². The maximum Gasteiger partial charge on any atom is 0.303 e. The molecule has 2 N–H and O–H groups in total. The third kappa shape index (κ3) is 3.29. The van der Waals surface area contributed by atoms with Gasteiger partial charge in [-0.25, -0.2) is 13.1 Å². The second-order valence-corrected chi connectivity index (χ2v) is 6.79. The van der Waals surface area contributed by atoms with E-state index in [1.54, 1.807) is 24.3 Å². The van der Waals surface area contributed by atoms with Gasteiger partial charge in [0.05, 0.1) is 4.90 Å². The summed E-state index contributed by atoms with van der Waals surface area (Å²) in [6.07, 6.45) is 1.03. The van der Waals surface area contributed by atoms with E-state index in [0.29, 0.717) is 6.54 Å². The molecule has 2 rings (SSSR count). The van der Waals surface area contributed by atoms with E-state index in [4.69, 9.17) is 5.11 Å². The van der Waals surface area contributed by atoms with Crippen LogP contribution in [-0.4, -0.2) is 39.6 Å². The molecule has 1 aliphatic heterocycles. The minimum absolute atomic E-state index is 0.160.